The fourth-order valence-electron chi connectivity index (χ4n) is 1.29. The van der Waals surface area contributed by atoms with E-state index in [0.29, 0.717) is 0 Å². The number of rotatable bonds is 7. The Morgan fingerprint density at radius 3 is 2.38 bits per heavy atom. The quantitative estimate of drug-likeness (QED) is 0.647. The van der Waals surface area contributed by atoms with Crippen molar-refractivity contribution in [2.75, 3.05) is 20.8 Å². The van der Waals surface area contributed by atoms with Crippen molar-refractivity contribution < 1.29 is 24.2 Å². The molecule has 2 N–H and O–H groups in total. The lowest BCUT2D eigenvalue weighted by Crippen LogP contribution is -2.53. The topological polar surface area (TPSA) is 84.9 Å². The molecule has 94 valence electrons. The standard InChI is InChI=1S/C10H19NO5/c1-7(16-4)9(14)11-10(2,6-15-3)5-8(12)13/h7H,5-6H2,1-4H3,(H,11,14)(H,12,13). The first-order valence-electron chi connectivity index (χ1n) is 4.90. The van der Waals surface area contributed by atoms with Crippen molar-refractivity contribution in [1.29, 1.82) is 0 Å². The van der Waals surface area contributed by atoms with E-state index >= 15 is 0 Å². The van der Waals surface area contributed by atoms with E-state index in [4.69, 9.17) is 14.6 Å². The fourth-order valence-corrected chi connectivity index (χ4v) is 1.29. The van der Waals surface area contributed by atoms with E-state index in [0.717, 1.165) is 0 Å². The number of hydrogen-bond acceptors (Lipinski definition) is 4. The first-order chi connectivity index (χ1) is 7.34. The highest BCUT2D eigenvalue weighted by atomic mass is 16.5. The van der Waals surface area contributed by atoms with Crippen LogP contribution in [0.15, 0.2) is 0 Å². The SMILES string of the molecule is COCC(C)(CC(=O)O)NC(=O)C(C)OC. The third kappa shape index (κ3) is 5.09. The van der Waals surface area contributed by atoms with Gasteiger partial charge in [-0.25, -0.2) is 0 Å². The molecule has 0 rings (SSSR count). The first kappa shape index (κ1) is 14.9. The summed E-state index contributed by atoms with van der Waals surface area (Å²) in [6, 6.07) is 0. The van der Waals surface area contributed by atoms with Gasteiger partial charge in [0.2, 0.25) is 5.91 Å². The highest BCUT2D eigenvalue weighted by Crippen LogP contribution is 2.11. The number of ether oxygens (including phenoxy) is 2. The molecular formula is C10H19NO5. The maximum atomic E-state index is 11.6. The summed E-state index contributed by atoms with van der Waals surface area (Å²) in [6.07, 6.45) is -0.826. The lowest BCUT2D eigenvalue weighted by atomic mass is 9.98. The molecule has 6 nitrogen and oxygen atoms in total. The van der Waals surface area contributed by atoms with Crippen LogP contribution in [0.5, 0.6) is 0 Å². The normalized spacial score (nSPS) is 16.2. The zero-order valence-electron chi connectivity index (χ0n) is 10.1. The van der Waals surface area contributed by atoms with Crippen molar-refractivity contribution in [3.8, 4) is 0 Å². The molecule has 0 aromatic carbocycles. The van der Waals surface area contributed by atoms with Crippen LogP contribution in [0.4, 0.5) is 0 Å². The highest BCUT2D eigenvalue weighted by molar-refractivity contribution is 5.82. The number of carboxylic acid groups (broad SMARTS) is 1. The van der Waals surface area contributed by atoms with Crippen molar-refractivity contribution in [1.82, 2.24) is 5.32 Å². The molecule has 0 saturated heterocycles. The number of amides is 1. The van der Waals surface area contributed by atoms with Crippen molar-refractivity contribution in [2.45, 2.75) is 31.9 Å². The van der Waals surface area contributed by atoms with Crippen molar-refractivity contribution in [2.24, 2.45) is 0 Å². The minimum Gasteiger partial charge on any atom is -0.481 e. The Kier molecular flexibility index (Phi) is 5.98. The molecule has 0 radical (unpaired) electrons. The second-order valence-electron chi connectivity index (χ2n) is 3.93. The van der Waals surface area contributed by atoms with Gasteiger partial charge in [0.15, 0.2) is 0 Å². The summed E-state index contributed by atoms with van der Waals surface area (Å²) in [7, 11) is 2.86. The van der Waals surface area contributed by atoms with Gasteiger partial charge in [-0.3, -0.25) is 9.59 Å². The monoisotopic (exact) mass is 233 g/mol. The average molecular weight is 233 g/mol. The molecule has 2 unspecified atom stereocenters. The molecule has 6 heteroatoms. The number of aliphatic carboxylic acids is 1. The molecular weight excluding hydrogens is 214 g/mol. The van der Waals surface area contributed by atoms with E-state index in [1.807, 2.05) is 0 Å². The summed E-state index contributed by atoms with van der Waals surface area (Å²) in [5.74, 6) is -1.35. The molecule has 0 heterocycles. The minimum atomic E-state index is -0.995. The Bertz CT molecular complexity index is 256. The van der Waals surface area contributed by atoms with Crippen LogP contribution in [-0.2, 0) is 19.1 Å². The lowest BCUT2D eigenvalue weighted by molar-refractivity contribution is -0.140. The van der Waals surface area contributed by atoms with Gasteiger partial charge in [-0.05, 0) is 13.8 Å². The molecule has 0 fully saturated rings. The minimum absolute atomic E-state index is 0.126. The smallest absolute Gasteiger partial charge is 0.305 e. The van der Waals surface area contributed by atoms with E-state index in [1.165, 1.54) is 14.2 Å². The van der Waals surface area contributed by atoms with Gasteiger partial charge in [0.1, 0.15) is 6.10 Å². The third-order valence-electron chi connectivity index (χ3n) is 2.15. The molecule has 0 aliphatic carbocycles. The van der Waals surface area contributed by atoms with Gasteiger partial charge in [-0.2, -0.15) is 0 Å². The summed E-state index contributed by atoms with van der Waals surface area (Å²) >= 11 is 0. The van der Waals surface area contributed by atoms with Gasteiger partial charge >= 0.3 is 5.97 Å². The van der Waals surface area contributed by atoms with Crippen LogP contribution in [0.2, 0.25) is 0 Å². The molecule has 2 atom stereocenters. The second-order valence-corrected chi connectivity index (χ2v) is 3.93. The number of nitrogens with one attached hydrogen (secondary N) is 1. The van der Waals surface area contributed by atoms with Crippen LogP contribution in [0.25, 0.3) is 0 Å². The summed E-state index contributed by atoms with van der Waals surface area (Å²) in [5, 5.41) is 11.4. The first-order valence-corrected chi connectivity index (χ1v) is 4.90. The van der Waals surface area contributed by atoms with E-state index in [9.17, 15) is 9.59 Å². The number of carbonyl (C=O) groups is 2. The Labute approximate surface area is 94.9 Å². The fraction of sp³-hybridized carbons (Fsp3) is 0.800. The molecule has 0 spiro atoms. The van der Waals surface area contributed by atoms with E-state index < -0.39 is 17.6 Å². The lowest BCUT2D eigenvalue weighted by Gasteiger charge is -2.29. The Balaban J connectivity index is 4.53. The molecule has 0 aliphatic heterocycles. The van der Waals surface area contributed by atoms with Gasteiger partial charge in [0.25, 0.3) is 0 Å². The predicted octanol–water partition coefficient (Wildman–Crippen LogP) is 0.0173. The molecule has 16 heavy (non-hydrogen) atoms. The van der Waals surface area contributed by atoms with Crippen LogP contribution in [0.3, 0.4) is 0 Å². The highest BCUT2D eigenvalue weighted by Gasteiger charge is 2.31. The molecule has 0 aromatic heterocycles. The summed E-state index contributed by atoms with van der Waals surface area (Å²) in [4.78, 5) is 22.2. The van der Waals surface area contributed by atoms with Gasteiger partial charge in [0, 0.05) is 14.2 Å². The summed E-state index contributed by atoms with van der Waals surface area (Å²) < 4.78 is 9.74. The molecule has 0 aliphatic rings. The van der Waals surface area contributed by atoms with Gasteiger partial charge in [0.05, 0.1) is 18.6 Å². The number of hydrogen-bond donors (Lipinski definition) is 2. The average Bonchev–Trinajstić information content (AvgIpc) is 2.14. The maximum Gasteiger partial charge on any atom is 0.305 e. The van der Waals surface area contributed by atoms with Crippen LogP contribution >= 0.6 is 0 Å². The van der Waals surface area contributed by atoms with Gasteiger partial charge in [-0.1, -0.05) is 0 Å². The zero-order chi connectivity index (χ0) is 12.8. The maximum absolute atomic E-state index is 11.6. The summed E-state index contributed by atoms with van der Waals surface area (Å²) in [5.41, 5.74) is -0.926. The molecule has 0 bridgehead atoms. The van der Waals surface area contributed by atoms with E-state index in [2.05, 4.69) is 5.32 Å². The third-order valence-corrected chi connectivity index (χ3v) is 2.15. The number of carboxylic acids is 1. The zero-order valence-corrected chi connectivity index (χ0v) is 10.1. The predicted molar refractivity (Wildman–Crippen MR) is 57.1 cm³/mol. The largest absolute Gasteiger partial charge is 0.481 e. The summed E-state index contributed by atoms with van der Waals surface area (Å²) in [6.45, 7) is 3.33. The number of methoxy groups -OCH3 is 2. The molecule has 0 saturated carbocycles. The van der Waals surface area contributed by atoms with Gasteiger partial charge < -0.3 is 19.9 Å². The van der Waals surface area contributed by atoms with Crippen LogP contribution < -0.4 is 5.32 Å². The van der Waals surface area contributed by atoms with E-state index in [-0.39, 0.29) is 18.9 Å². The van der Waals surface area contributed by atoms with Crippen molar-refractivity contribution in [3.05, 3.63) is 0 Å². The Morgan fingerprint density at radius 2 is 2.00 bits per heavy atom. The molecule has 0 aromatic rings. The number of carbonyl (C=O) groups excluding carboxylic acids is 1. The van der Waals surface area contributed by atoms with Crippen LogP contribution in [0, 0.1) is 0 Å². The van der Waals surface area contributed by atoms with Crippen molar-refractivity contribution >= 4 is 11.9 Å². The Hall–Kier alpha value is -1.14. The van der Waals surface area contributed by atoms with E-state index in [1.54, 1.807) is 13.8 Å². The molecule has 1 amide bonds. The Morgan fingerprint density at radius 1 is 1.44 bits per heavy atom. The second kappa shape index (κ2) is 6.44. The van der Waals surface area contributed by atoms with Gasteiger partial charge in [-0.15, -0.1) is 0 Å². The van der Waals surface area contributed by atoms with Crippen molar-refractivity contribution in [3.63, 3.8) is 0 Å². The van der Waals surface area contributed by atoms with Crippen LogP contribution in [0.1, 0.15) is 20.3 Å². The van der Waals surface area contributed by atoms with Crippen LogP contribution in [-0.4, -0.2) is 49.5 Å².